The molecular weight excluding hydrogens is 212 g/mol. The first-order valence-corrected chi connectivity index (χ1v) is 7.27. The van der Waals surface area contributed by atoms with Crippen LogP contribution in [-0.2, 0) is 10.0 Å². The SMILES string of the molecule is CC1(C)CCCCC1NCCS(N)(=O)=O. The lowest BCUT2D eigenvalue weighted by molar-refractivity contribution is 0.170. The van der Waals surface area contributed by atoms with Gasteiger partial charge in [-0.2, -0.15) is 0 Å². The summed E-state index contributed by atoms with van der Waals surface area (Å²) in [5.41, 5.74) is 0.274. The minimum atomic E-state index is -3.32. The number of nitrogens with two attached hydrogens (primary N) is 1. The van der Waals surface area contributed by atoms with Crippen LogP contribution >= 0.6 is 0 Å². The fourth-order valence-electron chi connectivity index (χ4n) is 2.25. The normalized spacial score (nSPS) is 26.5. The summed E-state index contributed by atoms with van der Waals surface area (Å²) in [5, 5.41) is 8.26. The van der Waals surface area contributed by atoms with Gasteiger partial charge < -0.3 is 5.32 Å². The highest BCUT2D eigenvalue weighted by Gasteiger charge is 2.31. The summed E-state index contributed by atoms with van der Waals surface area (Å²) in [7, 11) is -3.32. The second-order valence-corrected chi connectivity index (χ2v) is 6.84. The molecule has 0 bridgehead atoms. The molecule has 1 aliphatic rings. The van der Waals surface area contributed by atoms with Crippen molar-refractivity contribution in [3.8, 4) is 0 Å². The zero-order valence-electron chi connectivity index (χ0n) is 9.62. The van der Waals surface area contributed by atoms with E-state index in [0.29, 0.717) is 12.6 Å². The zero-order chi connectivity index (χ0) is 11.5. The first-order chi connectivity index (χ1) is 6.81. The zero-order valence-corrected chi connectivity index (χ0v) is 10.4. The first-order valence-electron chi connectivity index (χ1n) is 5.55. The highest BCUT2D eigenvalue weighted by atomic mass is 32.2. The van der Waals surface area contributed by atoms with Gasteiger partial charge in [-0.25, -0.2) is 13.6 Å². The average molecular weight is 234 g/mol. The van der Waals surface area contributed by atoms with Crippen molar-refractivity contribution in [2.45, 2.75) is 45.6 Å². The average Bonchev–Trinajstić information content (AvgIpc) is 2.05. The Bertz CT molecular complexity index is 299. The van der Waals surface area contributed by atoms with E-state index in [9.17, 15) is 8.42 Å². The molecule has 0 aromatic heterocycles. The molecule has 1 rings (SSSR count). The van der Waals surface area contributed by atoms with Crippen LogP contribution in [0.3, 0.4) is 0 Å². The molecule has 1 fully saturated rings. The van der Waals surface area contributed by atoms with Crippen LogP contribution in [0.5, 0.6) is 0 Å². The van der Waals surface area contributed by atoms with Crippen molar-refractivity contribution in [2.75, 3.05) is 12.3 Å². The molecule has 0 aromatic rings. The highest BCUT2D eigenvalue weighted by molar-refractivity contribution is 7.89. The lowest BCUT2D eigenvalue weighted by Crippen LogP contribution is -2.46. The maximum absolute atomic E-state index is 10.8. The molecule has 15 heavy (non-hydrogen) atoms. The van der Waals surface area contributed by atoms with Gasteiger partial charge in [-0.05, 0) is 18.3 Å². The Morgan fingerprint density at radius 2 is 2.07 bits per heavy atom. The summed E-state index contributed by atoms with van der Waals surface area (Å²) in [5.74, 6) is 0.0274. The fourth-order valence-corrected chi connectivity index (χ4v) is 2.65. The van der Waals surface area contributed by atoms with Crippen LogP contribution in [0, 0.1) is 5.41 Å². The van der Waals surface area contributed by atoms with E-state index in [4.69, 9.17) is 5.14 Å². The van der Waals surface area contributed by atoms with Crippen molar-refractivity contribution in [3.05, 3.63) is 0 Å². The Hall–Kier alpha value is -0.130. The summed E-state index contributed by atoms with van der Waals surface area (Å²) in [4.78, 5) is 0. The van der Waals surface area contributed by atoms with E-state index in [1.165, 1.54) is 19.3 Å². The molecule has 0 amide bonds. The standard InChI is InChI=1S/C10H22N2O2S/c1-10(2)6-4-3-5-9(10)12-7-8-15(11,13)14/h9,12H,3-8H2,1-2H3,(H2,11,13,14). The number of hydrogen-bond acceptors (Lipinski definition) is 3. The summed E-state index contributed by atoms with van der Waals surface area (Å²) in [6.07, 6.45) is 4.86. The lowest BCUT2D eigenvalue weighted by Gasteiger charge is -2.39. The maximum Gasteiger partial charge on any atom is 0.210 e. The molecule has 0 radical (unpaired) electrons. The van der Waals surface area contributed by atoms with Crippen molar-refractivity contribution >= 4 is 10.0 Å². The number of hydrogen-bond donors (Lipinski definition) is 2. The van der Waals surface area contributed by atoms with E-state index < -0.39 is 10.0 Å². The molecule has 1 aliphatic carbocycles. The van der Waals surface area contributed by atoms with Crippen LogP contribution in [0.1, 0.15) is 39.5 Å². The van der Waals surface area contributed by atoms with Gasteiger partial charge in [0.2, 0.25) is 10.0 Å². The van der Waals surface area contributed by atoms with Crippen molar-refractivity contribution in [1.29, 1.82) is 0 Å². The third kappa shape index (κ3) is 4.49. The number of rotatable bonds is 4. The monoisotopic (exact) mass is 234 g/mol. The van der Waals surface area contributed by atoms with E-state index >= 15 is 0 Å². The Balaban J connectivity index is 2.37. The van der Waals surface area contributed by atoms with E-state index in [1.54, 1.807) is 0 Å². The molecule has 3 N–H and O–H groups in total. The van der Waals surface area contributed by atoms with Crippen LogP contribution in [0.15, 0.2) is 0 Å². The third-order valence-corrected chi connectivity index (χ3v) is 4.06. The highest BCUT2D eigenvalue weighted by Crippen LogP contribution is 2.35. The second-order valence-electron chi connectivity index (χ2n) is 5.11. The van der Waals surface area contributed by atoms with Gasteiger partial charge in [0.05, 0.1) is 5.75 Å². The largest absolute Gasteiger partial charge is 0.312 e. The number of primary sulfonamides is 1. The Morgan fingerprint density at radius 1 is 1.40 bits per heavy atom. The van der Waals surface area contributed by atoms with Gasteiger partial charge in [0.15, 0.2) is 0 Å². The minimum Gasteiger partial charge on any atom is -0.312 e. The first kappa shape index (κ1) is 12.9. The Labute approximate surface area is 92.7 Å². The molecular formula is C10H22N2O2S. The molecule has 1 unspecified atom stereocenters. The molecule has 1 saturated carbocycles. The molecule has 5 heteroatoms. The fraction of sp³-hybridized carbons (Fsp3) is 1.00. The molecule has 0 heterocycles. The predicted molar refractivity (Wildman–Crippen MR) is 62.0 cm³/mol. The number of sulfonamides is 1. The van der Waals surface area contributed by atoms with Crippen LogP contribution in [0.2, 0.25) is 0 Å². The summed E-state index contributed by atoms with van der Waals surface area (Å²) in [6, 6.07) is 0.424. The van der Waals surface area contributed by atoms with Gasteiger partial charge in [-0.15, -0.1) is 0 Å². The van der Waals surface area contributed by atoms with Gasteiger partial charge in [0, 0.05) is 12.6 Å². The third-order valence-electron chi connectivity index (χ3n) is 3.28. The Morgan fingerprint density at radius 3 is 2.60 bits per heavy atom. The smallest absolute Gasteiger partial charge is 0.210 e. The lowest BCUT2D eigenvalue weighted by atomic mass is 9.73. The van der Waals surface area contributed by atoms with Gasteiger partial charge in [0.25, 0.3) is 0 Å². The van der Waals surface area contributed by atoms with Crippen molar-refractivity contribution in [1.82, 2.24) is 5.32 Å². The quantitative estimate of drug-likeness (QED) is 0.757. The van der Waals surface area contributed by atoms with E-state index in [1.807, 2.05) is 0 Å². The van der Waals surface area contributed by atoms with Gasteiger partial charge in [0.1, 0.15) is 0 Å². The van der Waals surface area contributed by atoms with E-state index in [2.05, 4.69) is 19.2 Å². The second kappa shape index (κ2) is 4.80. The van der Waals surface area contributed by atoms with Gasteiger partial charge >= 0.3 is 0 Å². The summed E-state index contributed by atoms with van der Waals surface area (Å²) in [6.45, 7) is 4.94. The molecule has 4 nitrogen and oxygen atoms in total. The van der Waals surface area contributed by atoms with Crippen molar-refractivity contribution < 1.29 is 8.42 Å². The minimum absolute atomic E-state index is 0.0274. The van der Waals surface area contributed by atoms with Crippen LogP contribution in [0.25, 0.3) is 0 Å². The van der Waals surface area contributed by atoms with Gasteiger partial charge in [-0.3, -0.25) is 0 Å². The predicted octanol–water partition coefficient (Wildman–Crippen LogP) is 0.833. The molecule has 0 aliphatic heterocycles. The molecule has 90 valence electrons. The van der Waals surface area contributed by atoms with Crippen molar-refractivity contribution in [3.63, 3.8) is 0 Å². The van der Waals surface area contributed by atoms with Crippen LogP contribution < -0.4 is 10.5 Å². The molecule has 0 aromatic carbocycles. The molecule has 0 saturated heterocycles. The van der Waals surface area contributed by atoms with Gasteiger partial charge in [-0.1, -0.05) is 26.7 Å². The maximum atomic E-state index is 10.8. The number of nitrogens with one attached hydrogen (secondary N) is 1. The topological polar surface area (TPSA) is 72.2 Å². The van der Waals surface area contributed by atoms with Crippen molar-refractivity contribution in [2.24, 2.45) is 10.6 Å². The van der Waals surface area contributed by atoms with E-state index in [-0.39, 0.29) is 11.2 Å². The molecule has 0 spiro atoms. The summed E-state index contributed by atoms with van der Waals surface area (Å²) >= 11 is 0. The van der Waals surface area contributed by atoms with Crippen LogP contribution in [0.4, 0.5) is 0 Å². The Kier molecular flexibility index (Phi) is 4.14. The molecule has 1 atom stereocenters. The summed E-state index contributed by atoms with van der Waals surface area (Å²) < 4.78 is 21.5. The van der Waals surface area contributed by atoms with E-state index in [0.717, 1.165) is 6.42 Å². The van der Waals surface area contributed by atoms with Crippen LogP contribution in [-0.4, -0.2) is 26.8 Å².